The van der Waals surface area contributed by atoms with E-state index in [9.17, 15) is 15.2 Å². The molecule has 0 unspecified atom stereocenters. The van der Waals surface area contributed by atoms with E-state index in [1.807, 2.05) is 0 Å². The summed E-state index contributed by atoms with van der Waals surface area (Å²) < 4.78 is 0.693. The minimum absolute atomic E-state index is 0.0807. The Kier molecular flexibility index (Phi) is 3.99. The van der Waals surface area contributed by atoms with Gasteiger partial charge in [0.15, 0.2) is 0 Å². The second-order valence-corrected chi connectivity index (χ2v) is 5.59. The van der Waals surface area contributed by atoms with Gasteiger partial charge in [-0.3, -0.25) is 10.1 Å². The first-order valence-corrected chi connectivity index (χ1v) is 6.64. The molecule has 98 valence electrons. The number of aliphatic hydroxyl groups is 1. The van der Waals surface area contributed by atoms with Crippen LogP contribution in [0.5, 0.6) is 0 Å². The summed E-state index contributed by atoms with van der Waals surface area (Å²) in [6, 6.07) is 5.03. The normalized spacial score (nSPS) is 17.2. The minimum Gasteiger partial charge on any atom is -0.394 e. The molecule has 0 atom stereocenters. The minimum atomic E-state index is -0.381. The van der Waals surface area contributed by atoms with Gasteiger partial charge in [0.25, 0.3) is 5.69 Å². The summed E-state index contributed by atoms with van der Waals surface area (Å²) in [4.78, 5) is 10.6. The van der Waals surface area contributed by atoms with Crippen molar-refractivity contribution in [3.8, 4) is 0 Å². The molecule has 0 saturated heterocycles. The Morgan fingerprint density at radius 1 is 1.50 bits per heavy atom. The van der Waals surface area contributed by atoms with Crippen molar-refractivity contribution in [2.45, 2.75) is 31.3 Å². The van der Waals surface area contributed by atoms with Gasteiger partial charge in [-0.05, 0) is 31.4 Å². The molecule has 0 amide bonds. The van der Waals surface area contributed by atoms with Crippen LogP contribution in [0.2, 0.25) is 0 Å². The Morgan fingerprint density at radius 3 is 2.72 bits per heavy atom. The Morgan fingerprint density at radius 2 is 2.22 bits per heavy atom. The number of aliphatic hydroxyl groups excluding tert-OH is 1. The number of nitro groups is 1. The molecule has 1 aliphatic carbocycles. The molecule has 5 nitrogen and oxygen atoms in total. The molecule has 1 aromatic carbocycles. The molecular weight excluding hydrogens is 300 g/mol. The number of nitro benzene ring substituents is 1. The highest BCUT2D eigenvalue weighted by Gasteiger charge is 2.35. The van der Waals surface area contributed by atoms with E-state index >= 15 is 0 Å². The quantitative estimate of drug-likeness (QED) is 0.646. The maximum atomic E-state index is 11.0. The van der Waals surface area contributed by atoms with Crippen LogP contribution in [-0.2, 0) is 6.54 Å². The maximum Gasteiger partial charge on any atom is 0.275 e. The van der Waals surface area contributed by atoms with E-state index in [1.54, 1.807) is 12.1 Å². The molecule has 1 saturated carbocycles. The zero-order valence-electron chi connectivity index (χ0n) is 9.86. The zero-order valence-corrected chi connectivity index (χ0v) is 11.4. The highest BCUT2D eigenvalue weighted by Crippen LogP contribution is 2.32. The highest BCUT2D eigenvalue weighted by molar-refractivity contribution is 9.10. The molecule has 2 rings (SSSR count). The van der Waals surface area contributed by atoms with Gasteiger partial charge in [0.05, 0.1) is 11.5 Å². The summed E-state index contributed by atoms with van der Waals surface area (Å²) >= 11 is 3.23. The predicted octanol–water partition coefficient (Wildman–Crippen LogP) is 2.36. The summed E-state index contributed by atoms with van der Waals surface area (Å²) in [5, 5.41) is 23.5. The van der Waals surface area contributed by atoms with Crippen LogP contribution in [0.25, 0.3) is 0 Å². The number of hydrogen-bond acceptors (Lipinski definition) is 4. The largest absolute Gasteiger partial charge is 0.394 e. The van der Waals surface area contributed by atoms with Crippen LogP contribution < -0.4 is 5.32 Å². The Balaban J connectivity index is 2.11. The van der Waals surface area contributed by atoms with Crippen LogP contribution in [0.15, 0.2) is 22.7 Å². The van der Waals surface area contributed by atoms with E-state index in [1.165, 1.54) is 6.07 Å². The van der Waals surface area contributed by atoms with Crippen molar-refractivity contribution in [1.29, 1.82) is 0 Å². The summed E-state index contributed by atoms with van der Waals surface area (Å²) in [7, 11) is 0. The molecule has 1 fully saturated rings. The molecule has 0 aromatic heterocycles. The van der Waals surface area contributed by atoms with Gasteiger partial charge in [0.2, 0.25) is 0 Å². The van der Waals surface area contributed by atoms with E-state index in [2.05, 4.69) is 21.2 Å². The van der Waals surface area contributed by atoms with Gasteiger partial charge in [-0.15, -0.1) is 0 Å². The zero-order chi connectivity index (χ0) is 13.2. The average Bonchev–Trinajstić information content (AvgIpc) is 2.29. The van der Waals surface area contributed by atoms with Crippen molar-refractivity contribution in [3.05, 3.63) is 38.3 Å². The van der Waals surface area contributed by atoms with Crippen LogP contribution in [0.3, 0.4) is 0 Å². The first kappa shape index (κ1) is 13.5. The number of benzene rings is 1. The predicted molar refractivity (Wildman–Crippen MR) is 71.3 cm³/mol. The lowest BCUT2D eigenvalue weighted by Crippen LogP contribution is -2.53. The fraction of sp³-hybridized carbons (Fsp3) is 0.500. The number of nitrogens with one attached hydrogen (secondary N) is 1. The lowest BCUT2D eigenvalue weighted by Gasteiger charge is -2.41. The van der Waals surface area contributed by atoms with Gasteiger partial charge in [0, 0.05) is 28.2 Å². The number of nitrogens with zero attached hydrogens (tertiary/aromatic N) is 1. The molecule has 0 radical (unpaired) electrons. The number of hydrogen-bond donors (Lipinski definition) is 2. The molecule has 1 aliphatic rings. The van der Waals surface area contributed by atoms with Crippen molar-refractivity contribution in [2.75, 3.05) is 6.61 Å². The number of halogens is 1. The van der Waals surface area contributed by atoms with Gasteiger partial charge >= 0.3 is 0 Å². The van der Waals surface area contributed by atoms with Crippen LogP contribution in [-0.4, -0.2) is 22.2 Å². The molecular formula is C12H15BrN2O3. The standard InChI is InChI=1S/C12H15BrN2O3/c13-10-3-2-9(11(6-10)15(17)18)7-14-12(8-16)4-1-5-12/h2-3,6,14,16H,1,4-5,7-8H2. The summed E-state index contributed by atoms with van der Waals surface area (Å²) in [5.41, 5.74) is 0.508. The monoisotopic (exact) mass is 314 g/mol. The van der Waals surface area contributed by atoms with E-state index in [4.69, 9.17) is 0 Å². The molecule has 0 heterocycles. The van der Waals surface area contributed by atoms with Crippen molar-refractivity contribution >= 4 is 21.6 Å². The topological polar surface area (TPSA) is 75.4 Å². The molecule has 0 spiro atoms. The summed E-state index contributed by atoms with van der Waals surface area (Å²) in [5.74, 6) is 0. The lowest BCUT2D eigenvalue weighted by atomic mass is 9.77. The third kappa shape index (κ3) is 2.71. The van der Waals surface area contributed by atoms with Crippen LogP contribution in [0.4, 0.5) is 5.69 Å². The van der Waals surface area contributed by atoms with Crippen molar-refractivity contribution in [1.82, 2.24) is 5.32 Å². The van der Waals surface area contributed by atoms with E-state index in [-0.39, 0.29) is 22.8 Å². The van der Waals surface area contributed by atoms with Gasteiger partial charge in [-0.2, -0.15) is 0 Å². The fourth-order valence-electron chi connectivity index (χ4n) is 2.13. The first-order chi connectivity index (χ1) is 8.56. The maximum absolute atomic E-state index is 11.0. The molecule has 2 N–H and O–H groups in total. The summed E-state index contributed by atoms with van der Waals surface area (Å²) in [6.45, 7) is 0.488. The second-order valence-electron chi connectivity index (χ2n) is 4.68. The van der Waals surface area contributed by atoms with Crippen LogP contribution in [0.1, 0.15) is 24.8 Å². The van der Waals surface area contributed by atoms with E-state index in [0.717, 1.165) is 19.3 Å². The SMILES string of the molecule is O=[N+]([O-])c1cc(Br)ccc1CNC1(CO)CCC1. The third-order valence-corrected chi connectivity index (χ3v) is 4.00. The third-order valence-electron chi connectivity index (χ3n) is 3.51. The van der Waals surface area contributed by atoms with Crippen molar-refractivity contribution < 1.29 is 10.0 Å². The van der Waals surface area contributed by atoms with Gasteiger partial charge in [-0.1, -0.05) is 15.9 Å². The molecule has 18 heavy (non-hydrogen) atoms. The summed E-state index contributed by atoms with van der Waals surface area (Å²) in [6.07, 6.45) is 2.94. The highest BCUT2D eigenvalue weighted by atomic mass is 79.9. The van der Waals surface area contributed by atoms with Crippen LogP contribution >= 0.6 is 15.9 Å². The van der Waals surface area contributed by atoms with E-state index in [0.29, 0.717) is 16.6 Å². The fourth-order valence-corrected chi connectivity index (χ4v) is 2.48. The number of rotatable bonds is 5. The Labute approximate surface area is 113 Å². The van der Waals surface area contributed by atoms with E-state index < -0.39 is 0 Å². The molecule has 1 aromatic rings. The van der Waals surface area contributed by atoms with Crippen LogP contribution in [0, 0.1) is 10.1 Å². The molecule has 0 bridgehead atoms. The van der Waals surface area contributed by atoms with Gasteiger partial charge in [-0.25, -0.2) is 0 Å². The van der Waals surface area contributed by atoms with Gasteiger partial charge < -0.3 is 10.4 Å². The first-order valence-electron chi connectivity index (χ1n) is 5.85. The van der Waals surface area contributed by atoms with Crippen molar-refractivity contribution in [3.63, 3.8) is 0 Å². The molecule has 6 heteroatoms. The average molecular weight is 315 g/mol. The smallest absolute Gasteiger partial charge is 0.275 e. The van der Waals surface area contributed by atoms with Crippen molar-refractivity contribution in [2.24, 2.45) is 0 Å². The Bertz CT molecular complexity index is 455. The Hall–Kier alpha value is -0.980. The molecule has 0 aliphatic heterocycles. The lowest BCUT2D eigenvalue weighted by molar-refractivity contribution is -0.385. The van der Waals surface area contributed by atoms with Gasteiger partial charge in [0.1, 0.15) is 0 Å². The second kappa shape index (κ2) is 5.34.